The summed E-state index contributed by atoms with van der Waals surface area (Å²) in [6, 6.07) is 16.7. The fourth-order valence-electron chi connectivity index (χ4n) is 2.98. The minimum atomic E-state index is -0.457. The molecule has 4 rings (SSSR count). The Labute approximate surface area is 177 Å². The maximum atomic E-state index is 13.8. The van der Waals surface area contributed by atoms with Crippen LogP contribution in [0.5, 0.6) is 0 Å². The third-order valence-corrected chi connectivity index (χ3v) is 4.57. The minimum Gasteiger partial charge on any atom is -0.318 e. The number of halogens is 1. The molecule has 0 fully saturated rings. The number of carbonyl (C=O) groups excluding carboxylic acids is 2. The second-order valence-corrected chi connectivity index (χ2v) is 6.83. The molecule has 2 amide bonds. The van der Waals surface area contributed by atoms with E-state index in [2.05, 4.69) is 20.8 Å². The van der Waals surface area contributed by atoms with E-state index in [0.717, 1.165) is 0 Å². The van der Waals surface area contributed by atoms with Crippen LogP contribution in [-0.2, 0) is 13.6 Å². The Kier molecular flexibility index (Phi) is 5.57. The van der Waals surface area contributed by atoms with Gasteiger partial charge >= 0.3 is 0 Å². The van der Waals surface area contributed by atoms with Crippen molar-refractivity contribution in [3.8, 4) is 0 Å². The van der Waals surface area contributed by atoms with Crippen molar-refractivity contribution in [2.45, 2.75) is 6.54 Å². The minimum absolute atomic E-state index is 0.132. The molecule has 2 aromatic heterocycles. The van der Waals surface area contributed by atoms with E-state index in [-0.39, 0.29) is 24.0 Å². The van der Waals surface area contributed by atoms with Crippen molar-refractivity contribution < 1.29 is 14.0 Å². The number of carbonyl (C=O) groups is 2. The van der Waals surface area contributed by atoms with Gasteiger partial charge in [-0.15, -0.1) is 0 Å². The molecular weight excluding hydrogens is 399 g/mol. The Morgan fingerprint density at radius 1 is 1.00 bits per heavy atom. The molecule has 0 spiro atoms. The molecule has 2 aromatic carbocycles. The molecule has 0 saturated carbocycles. The summed E-state index contributed by atoms with van der Waals surface area (Å²) in [7, 11) is 1.63. The van der Waals surface area contributed by atoms with Crippen molar-refractivity contribution in [3.63, 3.8) is 0 Å². The third-order valence-electron chi connectivity index (χ3n) is 4.57. The van der Waals surface area contributed by atoms with E-state index in [1.807, 2.05) is 6.07 Å². The van der Waals surface area contributed by atoms with Crippen LogP contribution >= 0.6 is 0 Å². The van der Waals surface area contributed by atoms with Crippen LogP contribution in [-0.4, -0.2) is 31.4 Å². The molecule has 156 valence electrons. The highest BCUT2D eigenvalue weighted by atomic mass is 19.1. The van der Waals surface area contributed by atoms with E-state index in [4.69, 9.17) is 0 Å². The van der Waals surface area contributed by atoms with Crippen LogP contribution in [0, 0.1) is 5.82 Å². The van der Waals surface area contributed by atoms with Crippen LogP contribution in [0.1, 0.15) is 26.4 Å². The summed E-state index contributed by atoms with van der Waals surface area (Å²) in [5.41, 5.74) is 1.57. The molecule has 0 aliphatic heterocycles. The molecule has 0 unspecified atom stereocenters. The lowest BCUT2D eigenvalue weighted by molar-refractivity contribution is 0.101. The lowest BCUT2D eigenvalue weighted by atomic mass is 10.2. The highest BCUT2D eigenvalue weighted by Crippen LogP contribution is 2.15. The highest BCUT2D eigenvalue weighted by Gasteiger charge is 2.16. The van der Waals surface area contributed by atoms with Crippen molar-refractivity contribution in [3.05, 3.63) is 95.7 Å². The van der Waals surface area contributed by atoms with Gasteiger partial charge in [0.15, 0.2) is 5.69 Å². The van der Waals surface area contributed by atoms with Gasteiger partial charge in [-0.25, -0.2) is 4.39 Å². The maximum Gasteiger partial charge on any atom is 0.276 e. The first kappa shape index (κ1) is 20.0. The van der Waals surface area contributed by atoms with Crippen LogP contribution in [0.15, 0.2) is 73.1 Å². The quantitative estimate of drug-likeness (QED) is 0.502. The monoisotopic (exact) mass is 418 g/mol. The Balaban J connectivity index is 1.41. The van der Waals surface area contributed by atoms with Crippen molar-refractivity contribution in [1.82, 2.24) is 19.6 Å². The molecule has 9 heteroatoms. The Morgan fingerprint density at radius 3 is 2.52 bits per heavy atom. The summed E-state index contributed by atoms with van der Waals surface area (Å²) in [6.45, 7) is 0.238. The van der Waals surface area contributed by atoms with Gasteiger partial charge < -0.3 is 10.6 Å². The van der Waals surface area contributed by atoms with Crippen LogP contribution in [0.2, 0.25) is 0 Å². The van der Waals surface area contributed by atoms with Gasteiger partial charge in [0.2, 0.25) is 0 Å². The van der Waals surface area contributed by atoms with Gasteiger partial charge in [0.1, 0.15) is 11.6 Å². The average molecular weight is 418 g/mol. The van der Waals surface area contributed by atoms with Gasteiger partial charge in [-0.2, -0.15) is 10.2 Å². The summed E-state index contributed by atoms with van der Waals surface area (Å²) < 4.78 is 16.7. The van der Waals surface area contributed by atoms with Crippen LogP contribution in [0.4, 0.5) is 15.9 Å². The van der Waals surface area contributed by atoms with E-state index in [1.54, 1.807) is 55.7 Å². The summed E-state index contributed by atoms with van der Waals surface area (Å²) in [6.07, 6.45) is 3.07. The largest absolute Gasteiger partial charge is 0.318 e. The molecular formula is C22H19FN6O2. The molecule has 0 aliphatic carbocycles. The second-order valence-electron chi connectivity index (χ2n) is 6.83. The first-order valence-electron chi connectivity index (χ1n) is 9.47. The lowest BCUT2D eigenvalue weighted by Crippen LogP contribution is -2.14. The number of anilines is 2. The van der Waals surface area contributed by atoms with E-state index in [1.165, 1.54) is 27.7 Å². The predicted octanol–water partition coefficient (Wildman–Crippen LogP) is 3.31. The van der Waals surface area contributed by atoms with Gasteiger partial charge in [0, 0.05) is 30.4 Å². The molecule has 31 heavy (non-hydrogen) atoms. The van der Waals surface area contributed by atoms with Crippen molar-refractivity contribution >= 4 is 23.3 Å². The SMILES string of the molecule is Cn1nc(C(=O)Nc2cnn(Cc3ccccc3F)c2)cc1NC(=O)c1ccccc1. The standard InChI is InChI=1S/C22H19FN6O2/c1-28-20(26-21(30)15-7-3-2-4-8-15)11-19(27-28)22(31)25-17-12-24-29(14-17)13-16-9-5-6-10-18(16)23/h2-12,14H,13H2,1H3,(H,25,31)(H,26,30). The van der Waals surface area contributed by atoms with E-state index >= 15 is 0 Å². The van der Waals surface area contributed by atoms with Gasteiger partial charge in [0.25, 0.3) is 11.8 Å². The fourth-order valence-corrected chi connectivity index (χ4v) is 2.98. The lowest BCUT2D eigenvalue weighted by Gasteiger charge is -2.04. The van der Waals surface area contributed by atoms with Gasteiger partial charge in [-0.1, -0.05) is 36.4 Å². The van der Waals surface area contributed by atoms with Crippen molar-refractivity contribution in [1.29, 1.82) is 0 Å². The maximum absolute atomic E-state index is 13.8. The number of aryl methyl sites for hydroxylation is 1. The van der Waals surface area contributed by atoms with Crippen LogP contribution in [0.3, 0.4) is 0 Å². The molecule has 4 aromatic rings. The highest BCUT2D eigenvalue weighted by molar-refractivity contribution is 6.06. The molecule has 0 bridgehead atoms. The normalized spacial score (nSPS) is 10.6. The number of amides is 2. The number of hydrogen-bond acceptors (Lipinski definition) is 4. The van der Waals surface area contributed by atoms with Gasteiger partial charge in [-0.05, 0) is 18.2 Å². The average Bonchev–Trinajstić information content (AvgIpc) is 3.36. The zero-order chi connectivity index (χ0) is 21.8. The number of hydrogen-bond donors (Lipinski definition) is 2. The summed E-state index contributed by atoms with van der Waals surface area (Å²) in [5.74, 6) is -0.692. The Morgan fingerprint density at radius 2 is 1.74 bits per heavy atom. The van der Waals surface area contributed by atoms with Crippen LogP contribution < -0.4 is 10.6 Å². The molecule has 0 radical (unpaired) electrons. The number of nitrogens with zero attached hydrogens (tertiary/aromatic N) is 4. The Bertz CT molecular complexity index is 1230. The zero-order valence-electron chi connectivity index (χ0n) is 16.6. The number of rotatable bonds is 6. The van der Waals surface area contributed by atoms with Gasteiger partial charge in [0.05, 0.1) is 18.4 Å². The molecule has 0 aliphatic rings. The number of benzene rings is 2. The van der Waals surface area contributed by atoms with E-state index in [0.29, 0.717) is 22.6 Å². The zero-order valence-corrected chi connectivity index (χ0v) is 16.6. The van der Waals surface area contributed by atoms with Crippen LogP contribution in [0.25, 0.3) is 0 Å². The third kappa shape index (κ3) is 4.67. The van der Waals surface area contributed by atoms with E-state index < -0.39 is 5.91 Å². The summed E-state index contributed by atoms with van der Waals surface area (Å²) in [4.78, 5) is 24.9. The molecule has 8 nitrogen and oxygen atoms in total. The topological polar surface area (TPSA) is 93.8 Å². The first-order valence-corrected chi connectivity index (χ1v) is 9.47. The molecule has 0 saturated heterocycles. The van der Waals surface area contributed by atoms with E-state index in [9.17, 15) is 14.0 Å². The van der Waals surface area contributed by atoms with Crippen molar-refractivity contribution in [2.24, 2.45) is 7.05 Å². The summed E-state index contributed by atoms with van der Waals surface area (Å²) >= 11 is 0. The molecule has 2 heterocycles. The second kappa shape index (κ2) is 8.62. The van der Waals surface area contributed by atoms with Gasteiger partial charge in [-0.3, -0.25) is 19.0 Å². The molecule has 0 atom stereocenters. The first-order chi connectivity index (χ1) is 15.0. The summed E-state index contributed by atoms with van der Waals surface area (Å²) in [5, 5.41) is 13.7. The number of nitrogens with one attached hydrogen (secondary N) is 2. The Hall–Kier alpha value is -4.27. The molecule has 2 N–H and O–H groups in total. The van der Waals surface area contributed by atoms with Crippen molar-refractivity contribution in [2.75, 3.05) is 10.6 Å². The smallest absolute Gasteiger partial charge is 0.276 e. The number of aromatic nitrogens is 4. The fraction of sp³-hybridized carbons (Fsp3) is 0.0909. The predicted molar refractivity (Wildman–Crippen MR) is 113 cm³/mol.